The van der Waals surface area contributed by atoms with Gasteiger partial charge < -0.3 is 19.6 Å². The van der Waals surface area contributed by atoms with E-state index in [-0.39, 0.29) is 0 Å². The highest BCUT2D eigenvalue weighted by molar-refractivity contribution is 5.88. The van der Waals surface area contributed by atoms with Gasteiger partial charge in [-0.3, -0.25) is 0 Å². The minimum atomic E-state index is 1.05. The molecule has 0 unspecified atom stereocenters. The van der Waals surface area contributed by atoms with Crippen molar-refractivity contribution in [2.24, 2.45) is 0 Å². The van der Waals surface area contributed by atoms with E-state index < -0.39 is 0 Å². The maximum atomic E-state index is 4.17. The van der Waals surface area contributed by atoms with Crippen molar-refractivity contribution in [3.63, 3.8) is 0 Å². The Morgan fingerprint density at radius 2 is 0.208 bits per heavy atom. The van der Waals surface area contributed by atoms with Crippen LogP contribution in [0.4, 0.5) is 68.2 Å². The minimum absolute atomic E-state index is 1.05. The summed E-state index contributed by atoms with van der Waals surface area (Å²) in [6, 6.07) is 187. The maximum Gasteiger partial charge on any atom is 0.0462 e. The normalized spacial score (nSPS) is 10.9. The lowest BCUT2D eigenvalue weighted by molar-refractivity contribution is 1.28. The van der Waals surface area contributed by atoms with E-state index in [1.54, 1.807) is 0 Å². The number of para-hydroxylation sites is 1. The highest BCUT2D eigenvalue weighted by Gasteiger charge is 2.21. The second kappa shape index (κ2) is 38.7. The van der Waals surface area contributed by atoms with Gasteiger partial charge in [-0.15, -0.1) is 0 Å². The molecule has 620 valence electrons. The smallest absolute Gasteiger partial charge is 0.0462 e. The van der Waals surface area contributed by atoms with Crippen LogP contribution in [0.3, 0.4) is 0 Å². The lowest BCUT2D eigenvalue weighted by atomic mass is 9.98. The van der Waals surface area contributed by atoms with Crippen molar-refractivity contribution in [1.29, 1.82) is 0 Å². The van der Waals surface area contributed by atoms with E-state index in [0.29, 0.717) is 0 Å². The molecular formula is C126H96N4. The molecule has 20 aromatic carbocycles. The van der Waals surface area contributed by atoms with Crippen LogP contribution in [0, 0.1) is 0 Å². The van der Waals surface area contributed by atoms with Crippen LogP contribution in [-0.2, 0) is 0 Å². The van der Waals surface area contributed by atoms with Crippen LogP contribution in [0.2, 0.25) is 0 Å². The molecule has 0 saturated heterocycles. The quantitative estimate of drug-likeness (QED) is 0.0598. The fourth-order valence-electron chi connectivity index (χ4n) is 17.1. The molecule has 0 heterocycles. The van der Waals surface area contributed by atoms with E-state index in [4.69, 9.17) is 0 Å². The van der Waals surface area contributed by atoms with Crippen LogP contribution in [0.5, 0.6) is 0 Å². The first-order valence-corrected chi connectivity index (χ1v) is 44.4. The molecule has 0 aliphatic heterocycles. The number of hydrogen-bond acceptors (Lipinski definition) is 4. The zero-order chi connectivity index (χ0) is 87.9. The Morgan fingerprint density at radius 3 is 0.346 bits per heavy atom. The molecule has 0 aliphatic rings. The van der Waals surface area contributed by atoms with E-state index in [1.165, 1.54) is 94.6 Å². The number of anilines is 12. The van der Waals surface area contributed by atoms with E-state index in [1.807, 2.05) is 13.8 Å². The Balaban J connectivity index is 0.000000168. The topological polar surface area (TPSA) is 13.0 Å². The van der Waals surface area contributed by atoms with Crippen LogP contribution in [0.25, 0.3) is 122 Å². The molecule has 0 saturated carbocycles. The average molecular weight is 1670 g/mol. The second-order valence-corrected chi connectivity index (χ2v) is 32.8. The summed E-state index contributed by atoms with van der Waals surface area (Å²) in [5.41, 5.74) is 41.3. The fraction of sp³-hybridized carbons (Fsp3) is 0.0159. The van der Waals surface area contributed by atoms with E-state index >= 15 is 0 Å². The molecule has 4 nitrogen and oxygen atoms in total. The SMILES string of the molecule is C=C(C)c1ccc(-c2ccc(-c3ccc(N(c4ccccc4)c4ccc(-c5ccc(N(c6ccc(-c7ccccc7)cc6)c6ccc(-c7ccccc7)cc6)cc5)cc4)cc3)cc2)cc1.C=C(C)c1ccc(N(c2ccc(-c3ccc(-c4ccccc4)cc3)cc2)c2ccc(-c3ccc(N(c4ccc(-c5ccccc5)cc4)c4ccc(-c5ccccc5)cc4)cc3)cc2)cc1. The monoisotopic (exact) mass is 1660 g/mol. The highest BCUT2D eigenvalue weighted by Crippen LogP contribution is 2.45. The molecule has 0 aromatic heterocycles. The summed E-state index contributed by atoms with van der Waals surface area (Å²) >= 11 is 0. The first kappa shape index (κ1) is 82.7. The third-order valence-electron chi connectivity index (χ3n) is 24.2. The molecule has 0 aliphatic carbocycles. The molecular weight excluding hydrogens is 1570 g/mol. The van der Waals surface area contributed by atoms with E-state index in [0.717, 1.165) is 107 Å². The summed E-state index contributed by atoms with van der Waals surface area (Å²) < 4.78 is 0. The molecule has 0 spiro atoms. The summed E-state index contributed by atoms with van der Waals surface area (Å²) in [5, 5.41) is 0. The Bertz CT molecular complexity index is 6960. The second-order valence-electron chi connectivity index (χ2n) is 32.8. The van der Waals surface area contributed by atoms with Crippen LogP contribution in [0.1, 0.15) is 25.0 Å². The molecule has 0 atom stereocenters. The van der Waals surface area contributed by atoms with Crippen LogP contribution in [0.15, 0.2) is 535 Å². The number of benzene rings is 20. The first-order valence-electron chi connectivity index (χ1n) is 44.4. The van der Waals surface area contributed by atoms with Crippen LogP contribution >= 0.6 is 0 Å². The molecule has 0 amide bonds. The summed E-state index contributed by atoms with van der Waals surface area (Å²) in [6.45, 7) is 12.3. The van der Waals surface area contributed by atoms with Crippen molar-refractivity contribution in [2.45, 2.75) is 13.8 Å². The van der Waals surface area contributed by atoms with Gasteiger partial charge in [0.05, 0.1) is 0 Å². The standard InChI is InChI=1S/2C63H48N2/c1-46(2)47-22-34-58(35-23-47)64(61-40-28-55(29-41-61)52-20-18-51(19-21-52)48-12-6-3-7-13-48)62-42-30-56(31-43-62)57-32-44-63(45-33-57)65(59-36-24-53(25-37-59)49-14-8-4-9-15-49)60-38-26-54(27-39-60)50-16-10-5-11-17-50;1-46(2)47-18-20-50(21-19-47)51-22-24-52(25-23-51)55-30-40-59(41-31-55)64(58-16-10-5-11-17-58)60-42-32-56(33-43-60)57-34-44-63(45-35-57)65(61-36-26-53(27-37-61)48-12-6-3-7-13-48)62-38-28-54(29-39-62)49-14-8-4-9-15-49/h2*3-45H,1H2,2H3. The van der Waals surface area contributed by atoms with Gasteiger partial charge in [0, 0.05) is 68.2 Å². The van der Waals surface area contributed by atoms with Crippen molar-refractivity contribution < 1.29 is 0 Å². The van der Waals surface area contributed by atoms with Gasteiger partial charge in [0.15, 0.2) is 0 Å². The number of rotatable bonds is 24. The molecule has 20 aromatic rings. The summed E-state index contributed by atoms with van der Waals surface area (Å²) in [4.78, 5) is 9.30. The van der Waals surface area contributed by atoms with Gasteiger partial charge in [-0.25, -0.2) is 0 Å². The Morgan fingerprint density at radius 1 is 0.115 bits per heavy atom. The van der Waals surface area contributed by atoms with Gasteiger partial charge >= 0.3 is 0 Å². The lowest BCUT2D eigenvalue weighted by Crippen LogP contribution is -2.10. The van der Waals surface area contributed by atoms with Crippen molar-refractivity contribution >= 4 is 79.4 Å². The number of nitrogens with zero attached hydrogens (tertiary/aromatic N) is 4. The molecule has 0 N–H and O–H groups in total. The van der Waals surface area contributed by atoms with Gasteiger partial charge in [-0.05, 0) is 282 Å². The van der Waals surface area contributed by atoms with Gasteiger partial charge in [-0.2, -0.15) is 0 Å². The third-order valence-corrected chi connectivity index (χ3v) is 24.2. The Kier molecular flexibility index (Phi) is 24.6. The van der Waals surface area contributed by atoms with Crippen LogP contribution < -0.4 is 19.6 Å². The Hall–Kier alpha value is -16.9. The minimum Gasteiger partial charge on any atom is -0.311 e. The maximum absolute atomic E-state index is 4.17. The van der Waals surface area contributed by atoms with Gasteiger partial charge in [-0.1, -0.05) is 400 Å². The summed E-state index contributed by atoms with van der Waals surface area (Å²) in [6.07, 6.45) is 0. The molecule has 0 fully saturated rings. The number of allylic oxidation sites excluding steroid dienone is 2. The number of hydrogen-bond donors (Lipinski definition) is 0. The van der Waals surface area contributed by atoms with Crippen molar-refractivity contribution in [2.75, 3.05) is 19.6 Å². The predicted octanol–water partition coefficient (Wildman–Crippen LogP) is 36.0. The van der Waals surface area contributed by atoms with Gasteiger partial charge in [0.25, 0.3) is 0 Å². The average Bonchev–Trinajstić information content (AvgIpc) is 0.795. The third kappa shape index (κ3) is 18.9. The van der Waals surface area contributed by atoms with Crippen molar-refractivity contribution in [3.8, 4) is 111 Å². The van der Waals surface area contributed by atoms with Gasteiger partial charge in [0.1, 0.15) is 0 Å². The van der Waals surface area contributed by atoms with Crippen molar-refractivity contribution in [1.82, 2.24) is 0 Å². The predicted molar refractivity (Wildman–Crippen MR) is 555 cm³/mol. The molecule has 4 heteroatoms. The largest absolute Gasteiger partial charge is 0.311 e. The molecule has 0 radical (unpaired) electrons. The van der Waals surface area contributed by atoms with Gasteiger partial charge in [0.2, 0.25) is 0 Å². The Labute approximate surface area is 764 Å². The highest BCUT2D eigenvalue weighted by atomic mass is 15.2. The molecule has 130 heavy (non-hydrogen) atoms. The van der Waals surface area contributed by atoms with Crippen molar-refractivity contribution in [3.05, 3.63) is 546 Å². The first-order chi connectivity index (χ1) is 64.1. The zero-order valence-corrected chi connectivity index (χ0v) is 72.9. The zero-order valence-electron chi connectivity index (χ0n) is 72.9. The summed E-state index contributed by atoms with van der Waals surface area (Å²) in [7, 11) is 0. The van der Waals surface area contributed by atoms with Crippen LogP contribution in [-0.4, -0.2) is 0 Å². The lowest BCUT2D eigenvalue weighted by Gasteiger charge is -2.27. The van der Waals surface area contributed by atoms with E-state index in [2.05, 4.69) is 554 Å². The molecule has 0 bridgehead atoms. The fourth-order valence-corrected chi connectivity index (χ4v) is 17.1. The summed E-state index contributed by atoms with van der Waals surface area (Å²) in [5.74, 6) is 0. The van der Waals surface area contributed by atoms with E-state index in [9.17, 15) is 0 Å². The molecule has 20 rings (SSSR count).